The average Bonchev–Trinajstić information content (AvgIpc) is 2.67. The summed E-state index contributed by atoms with van der Waals surface area (Å²) in [6, 6.07) is 17.9. The van der Waals surface area contributed by atoms with Crippen molar-refractivity contribution in [1.82, 2.24) is 4.90 Å². The molecule has 2 aromatic rings. The Morgan fingerprint density at radius 2 is 1.76 bits per heavy atom. The molecule has 1 aliphatic heterocycles. The number of hydrogen-bond acceptors (Lipinski definition) is 3. The van der Waals surface area contributed by atoms with E-state index in [1.165, 1.54) is 0 Å². The second kappa shape index (κ2) is 8.90. The fourth-order valence-corrected chi connectivity index (χ4v) is 3.41. The van der Waals surface area contributed by atoms with Crippen LogP contribution < -0.4 is 5.32 Å². The van der Waals surface area contributed by atoms with E-state index in [1.54, 1.807) is 0 Å². The highest BCUT2D eigenvalue weighted by Crippen LogP contribution is 2.24. The van der Waals surface area contributed by atoms with E-state index in [9.17, 15) is 4.79 Å². The van der Waals surface area contributed by atoms with Gasteiger partial charge in [0, 0.05) is 29.8 Å². The molecule has 1 N–H and O–H groups in total. The number of hydrogen-bond donors (Lipinski definition) is 1. The van der Waals surface area contributed by atoms with Gasteiger partial charge in [-0.1, -0.05) is 42.5 Å². The summed E-state index contributed by atoms with van der Waals surface area (Å²) in [6.45, 7) is 2.78. The number of amides is 1. The summed E-state index contributed by atoms with van der Waals surface area (Å²) in [5.74, 6) is 0.574. The second-order valence-corrected chi connectivity index (χ2v) is 7.19. The van der Waals surface area contributed by atoms with Crippen LogP contribution in [0.5, 0.6) is 0 Å². The van der Waals surface area contributed by atoms with Crippen molar-refractivity contribution < 1.29 is 9.53 Å². The van der Waals surface area contributed by atoms with E-state index in [2.05, 4.69) is 27.3 Å². The zero-order chi connectivity index (χ0) is 17.5. The van der Waals surface area contributed by atoms with Gasteiger partial charge in [-0.3, -0.25) is 0 Å². The summed E-state index contributed by atoms with van der Waals surface area (Å²) in [5, 5.41) is 3.49. The van der Waals surface area contributed by atoms with E-state index in [0.29, 0.717) is 12.5 Å². The Balaban J connectivity index is 1.39. The zero-order valence-electron chi connectivity index (χ0n) is 14.2. The number of carbonyl (C=O) groups excluding carboxylic acids is 1. The van der Waals surface area contributed by atoms with E-state index in [4.69, 9.17) is 4.74 Å². The average molecular weight is 403 g/mol. The molecule has 2 aromatic carbocycles. The van der Waals surface area contributed by atoms with Gasteiger partial charge in [0.15, 0.2) is 0 Å². The van der Waals surface area contributed by atoms with E-state index < -0.39 is 0 Å². The molecule has 0 atom stereocenters. The molecule has 1 fully saturated rings. The molecule has 132 valence electrons. The van der Waals surface area contributed by atoms with Crippen LogP contribution in [0.4, 0.5) is 10.5 Å². The standard InChI is InChI=1S/C20H23BrN2O2/c21-18-8-4-5-9-19(18)22-14-16-10-12-23(13-11-16)20(24)25-15-17-6-2-1-3-7-17/h1-9,16,22H,10-15H2. The highest BCUT2D eigenvalue weighted by atomic mass is 79.9. The molecule has 4 nitrogen and oxygen atoms in total. The molecular weight excluding hydrogens is 380 g/mol. The van der Waals surface area contributed by atoms with Crippen LogP contribution in [0.25, 0.3) is 0 Å². The van der Waals surface area contributed by atoms with Crippen LogP contribution in [0.3, 0.4) is 0 Å². The summed E-state index contributed by atoms with van der Waals surface area (Å²) in [5.41, 5.74) is 2.13. The quantitative estimate of drug-likeness (QED) is 0.772. The van der Waals surface area contributed by atoms with Crippen molar-refractivity contribution in [3.63, 3.8) is 0 Å². The minimum absolute atomic E-state index is 0.207. The second-order valence-electron chi connectivity index (χ2n) is 6.33. The molecule has 0 bridgehead atoms. The molecule has 0 unspecified atom stereocenters. The van der Waals surface area contributed by atoms with E-state index >= 15 is 0 Å². The smallest absolute Gasteiger partial charge is 0.410 e. The normalized spacial score (nSPS) is 15.0. The highest BCUT2D eigenvalue weighted by molar-refractivity contribution is 9.10. The van der Waals surface area contributed by atoms with Crippen LogP contribution in [-0.4, -0.2) is 30.6 Å². The van der Waals surface area contributed by atoms with Crippen molar-refractivity contribution in [2.24, 2.45) is 5.92 Å². The van der Waals surface area contributed by atoms with Crippen molar-refractivity contribution in [3.05, 3.63) is 64.6 Å². The zero-order valence-corrected chi connectivity index (χ0v) is 15.7. The van der Waals surface area contributed by atoms with E-state index in [-0.39, 0.29) is 6.09 Å². The first-order valence-corrected chi connectivity index (χ1v) is 9.45. The molecule has 25 heavy (non-hydrogen) atoms. The Morgan fingerprint density at radius 1 is 1.08 bits per heavy atom. The lowest BCUT2D eigenvalue weighted by Crippen LogP contribution is -2.40. The Labute approximate surface area is 157 Å². The van der Waals surface area contributed by atoms with Gasteiger partial charge in [0.05, 0.1) is 0 Å². The Hall–Kier alpha value is -2.01. The Morgan fingerprint density at radius 3 is 2.48 bits per heavy atom. The molecule has 0 aliphatic carbocycles. The van der Waals surface area contributed by atoms with Gasteiger partial charge in [-0.2, -0.15) is 0 Å². The van der Waals surface area contributed by atoms with Crippen molar-refractivity contribution in [2.45, 2.75) is 19.4 Å². The molecule has 0 radical (unpaired) electrons. The highest BCUT2D eigenvalue weighted by Gasteiger charge is 2.23. The predicted octanol–water partition coefficient (Wildman–Crippen LogP) is 4.91. The van der Waals surface area contributed by atoms with Gasteiger partial charge in [0.25, 0.3) is 0 Å². The number of rotatable bonds is 5. The summed E-state index contributed by atoms with van der Waals surface area (Å²) in [6.07, 6.45) is 1.79. The van der Waals surface area contributed by atoms with Gasteiger partial charge in [-0.25, -0.2) is 4.79 Å². The number of likely N-dealkylation sites (tertiary alicyclic amines) is 1. The van der Waals surface area contributed by atoms with Crippen LogP contribution in [-0.2, 0) is 11.3 Å². The van der Waals surface area contributed by atoms with Gasteiger partial charge >= 0.3 is 6.09 Å². The Bertz CT molecular complexity index is 685. The molecule has 5 heteroatoms. The van der Waals surface area contributed by atoms with E-state index in [0.717, 1.165) is 48.2 Å². The minimum Gasteiger partial charge on any atom is -0.445 e. The van der Waals surface area contributed by atoms with Gasteiger partial charge in [-0.05, 0) is 52.4 Å². The number of piperidine rings is 1. The van der Waals surface area contributed by atoms with Crippen LogP contribution in [0.15, 0.2) is 59.1 Å². The summed E-state index contributed by atoms with van der Waals surface area (Å²) in [4.78, 5) is 14.0. The summed E-state index contributed by atoms with van der Waals surface area (Å²) in [7, 11) is 0. The first kappa shape index (κ1) is 17.8. The molecule has 0 aromatic heterocycles. The molecule has 0 saturated carbocycles. The fourth-order valence-electron chi connectivity index (χ4n) is 2.99. The molecule has 0 spiro atoms. The predicted molar refractivity (Wildman–Crippen MR) is 104 cm³/mol. The SMILES string of the molecule is O=C(OCc1ccccc1)N1CCC(CNc2ccccc2Br)CC1. The van der Waals surface area contributed by atoms with Gasteiger partial charge < -0.3 is 15.0 Å². The van der Waals surface area contributed by atoms with Gasteiger partial charge in [0.2, 0.25) is 0 Å². The topological polar surface area (TPSA) is 41.6 Å². The maximum absolute atomic E-state index is 12.2. The summed E-state index contributed by atoms with van der Waals surface area (Å²) >= 11 is 3.55. The molecule has 3 rings (SSSR count). The largest absolute Gasteiger partial charge is 0.445 e. The van der Waals surface area contributed by atoms with Crippen molar-refractivity contribution in [3.8, 4) is 0 Å². The molecular formula is C20H23BrN2O2. The van der Waals surface area contributed by atoms with Crippen LogP contribution >= 0.6 is 15.9 Å². The van der Waals surface area contributed by atoms with Crippen molar-refractivity contribution >= 4 is 27.7 Å². The number of benzene rings is 2. The van der Waals surface area contributed by atoms with Crippen LogP contribution in [0, 0.1) is 5.92 Å². The lowest BCUT2D eigenvalue weighted by atomic mass is 9.97. The molecule has 1 saturated heterocycles. The fraction of sp³-hybridized carbons (Fsp3) is 0.350. The maximum atomic E-state index is 12.2. The number of nitrogens with one attached hydrogen (secondary N) is 1. The number of ether oxygens (including phenoxy) is 1. The molecule has 1 amide bonds. The van der Waals surface area contributed by atoms with Crippen molar-refractivity contribution in [1.29, 1.82) is 0 Å². The maximum Gasteiger partial charge on any atom is 0.410 e. The third-order valence-electron chi connectivity index (χ3n) is 4.53. The number of nitrogens with zero attached hydrogens (tertiary/aromatic N) is 1. The number of para-hydroxylation sites is 1. The molecule has 1 aliphatic rings. The van der Waals surface area contributed by atoms with Gasteiger partial charge in [0.1, 0.15) is 6.61 Å². The minimum atomic E-state index is -0.207. The third kappa shape index (κ3) is 5.23. The monoisotopic (exact) mass is 402 g/mol. The van der Waals surface area contributed by atoms with Crippen LogP contribution in [0.2, 0.25) is 0 Å². The third-order valence-corrected chi connectivity index (χ3v) is 5.22. The summed E-state index contributed by atoms with van der Waals surface area (Å²) < 4.78 is 6.49. The van der Waals surface area contributed by atoms with Crippen molar-refractivity contribution in [2.75, 3.05) is 25.0 Å². The number of anilines is 1. The first-order valence-electron chi connectivity index (χ1n) is 8.66. The van der Waals surface area contributed by atoms with Gasteiger partial charge in [-0.15, -0.1) is 0 Å². The molecule has 1 heterocycles. The Kier molecular flexibility index (Phi) is 6.34. The first-order chi connectivity index (χ1) is 12.2. The van der Waals surface area contributed by atoms with E-state index in [1.807, 2.05) is 53.4 Å². The number of halogens is 1. The number of carbonyl (C=O) groups is 1. The lowest BCUT2D eigenvalue weighted by molar-refractivity contribution is 0.0832. The van der Waals surface area contributed by atoms with Crippen LogP contribution in [0.1, 0.15) is 18.4 Å². The lowest BCUT2D eigenvalue weighted by Gasteiger charge is -2.31.